The molecule has 2 fully saturated rings. The molecule has 1 saturated heterocycles. The van der Waals surface area contributed by atoms with Crippen molar-refractivity contribution in [2.75, 3.05) is 19.0 Å². The second-order valence-corrected chi connectivity index (χ2v) is 10.4. The van der Waals surface area contributed by atoms with Gasteiger partial charge >= 0.3 is 0 Å². The lowest BCUT2D eigenvalue weighted by atomic mass is 10.0. The Balaban J connectivity index is 1.29. The number of anilines is 2. The number of rotatable bonds is 6. The van der Waals surface area contributed by atoms with Gasteiger partial charge in [0.25, 0.3) is 5.91 Å². The predicted octanol–water partition coefficient (Wildman–Crippen LogP) is 5.86. The van der Waals surface area contributed by atoms with E-state index in [1.54, 1.807) is 13.3 Å². The van der Waals surface area contributed by atoms with Gasteiger partial charge in [0.1, 0.15) is 0 Å². The van der Waals surface area contributed by atoms with Crippen molar-refractivity contribution in [2.45, 2.75) is 44.8 Å². The van der Waals surface area contributed by atoms with E-state index < -0.39 is 0 Å². The van der Waals surface area contributed by atoms with Crippen LogP contribution in [-0.2, 0) is 4.74 Å². The van der Waals surface area contributed by atoms with Gasteiger partial charge in [-0.15, -0.1) is 11.3 Å². The zero-order valence-corrected chi connectivity index (χ0v) is 19.7. The van der Waals surface area contributed by atoms with E-state index in [0.717, 1.165) is 57.1 Å². The lowest BCUT2D eigenvalue weighted by Crippen LogP contribution is -2.44. The number of amides is 1. The van der Waals surface area contributed by atoms with Crippen LogP contribution in [0.1, 0.15) is 41.0 Å². The van der Waals surface area contributed by atoms with Crippen LogP contribution in [-0.4, -0.2) is 46.6 Å². The summed E-state index contributed by atoms with van der Waals surface area (Å²) in [5.41, 5.74) is 5.12. The molecule has 2 N–H and O–H groups in total. The molecule has 7 heteroatoms. The molecule has 0 radical (unpaired) electrons. The molecule has 170 valence electrons. The molecule has 2 aliphatic rings. The van der Waals surface area contributed by atoms with Crippen LogP contribution in [0.25, 0.3) is 21.1 Å². The highest BCUT2D eigenvalue weighted by molar-refractivity contribution is 7.21. The molecule has 0 bridgehead atoms. The molecule has 3 aromatic heterocycles. The molecule has 1 aliphatic carbocycles. The van der Waals surface area contributed by atoms with E-state index in [0.29, 0.717) is 5.92 Å². The van der Waals surface area contributed by atoms with Gasteiger partial charge in [0.15, 0.2) is 0 Å². The van der Waals surface area contributed by atoms with Crippen molar-refractivity contribution >= 4 is 49.7 Å². The third-order valence-corrected chi connectivity index (χ3v) is 8.10. The van der Waals surface area contributed by atoms with Gasteiger partial charge in [-0.3, -0.25) is 9.78 Å². The fraction of sp³-hybridized carbons (Fsp3) is 0.385. The summed E-state index contributed by atoms with van der Waals surface area (Å²) in [6.45, 7) is 2.87. The number of pyridine rings is 1. The third-order valence-electron chi connectivity index (χ3n) is 6.96. The number of thiophene rings is 1. The number of fused-ring (bicyclic) bond motifs is 2. The number of likely N-dealkylation sites (tertiary alicyclic amines) is 1. The SMILES string of the molecule is COC(C1CC1)[C@@H]1CCCN1C(=O)c1cc2nccc(Nc3ccc4[nH]c(C)cc4c3)c2s1. The number of carbonyl (C=O) groups is 1. The minimum absolute atomic E-state index is 0.110. The van der Waals surface area contributed by atoms with Gasteiger partial charge in [0, 0.05) is 42.1 Å². The zero-order valence-electron chi connectivity index (χ0n) is 18.9. The number of H-pyrrole nitrogens is 1. The van der Waals surface area contributed by atoms with E-state index >= 15 is 0 Å². The molecule has 4 aromatic rings. The lowest BCUT2D eigenvalue weighted by Gasteiger charge is -2.30. The van der Waals surface area contributed by atoms with Crippen molar-refractivity contribution < 1.29 is 9.53 Å². The zero-order chi connectivity index (χ0) is 22.5. The van der Waals surface area contributed by atoms with Gasteiger partial charge in [0.2, 0.25) is 0 Å². The molecule has 2 atom stereocenters. The minimum atomic E-state index is 0.110. The number of aromatic nitrogens is 2. The summed E-state index contributed by atoms with van der Waals surface area (Å²) in [6, 6.07) is 12.6. The van der Waals surface area contributed by atoms with Crippen molar-refractivity contribution in [3.8, 4) is 0 Å². The third kappa shape index (κ3) is 3.79. The second-order valence-electron chi connectivity index (χ2n) is 9.31. The molecule has 1 aromatic carbocycles. The van der Waals surface area contributed by atoms with E-state index in [1.807, 2.05) is 17.0 Å². The van der Waals surface area contributed by atoms with Gasteiger partial charge in [-0.2, -0.15) is 0 Å². The number of nitrogens with zero attached hydrogens (tertiary/aromatic N) is 2. The fourth-order valence-corrected chi connectivity index (χ4v) is 6.31. The van der Waals surface area contributed by atoms with E-state index in [1.165, 1.54) is 29.6 Å². The quantitative estimate of drug-likeness (QED) is 0.378. The highest BCUT2D eigenvalue weighted by atomic mass is 32.1. The highest BCUT2D eigenvalue weighted by Crippen LogP contribution is 2.40. The monoisotopic (exact) mass is 460 g/mol. The highest BCUT2D eigenvalue weighted by Gasteiger charge is 2.43. The molecule has 1 aliphatic heterocycles. The molecule has 6 nitrogen and oxygen atoms in total. The number of carbonyl (C=O) groups excluding carboxylic acids is 1. The maximum absolute atomic E-state index is 13.5. The smallest absolute Gasteiger partial charge is 0.264 e. The van der Waals surface area contributed by atoms with Crippen LogP contribution in [0.2, 0.25) is 0 Å². The summed E-state index contributed by atoms with van der Waals surface area (Å²) in [5.74, 6) is 0.716. The average molecular weight is 461 g/mol. The molecule has 4 heterocycles. The van der Waals surface area contributed by atoms with E-state index in [2.05, 4.69) is 46.5 Å². The summed E-state index contributed by atoms with van der Waals surface area (Å²) < 4.78 is 6.84. The van der Waals surface area contributed by atoms with Crippen LogP contribution in [0.3, 0.4) is 0 Å². The van der Waals surface area contributed by atoms with E-state index in [9.17, 15) is 4.79 Å². The maximum atomic E-state index is 13.5. The van der Waals surface area contributed by atoms with Crippen LogP contribution >= 0.6 is 11.3 Å². The first-order valence-electron chi connectivity index (χ1n) is 11.7. The number of aromatic amines is 1. The molecular formula is C26H28N4O2S. The number of nitrogens with one attached hydrogen (secondary N) is 2. The predicted molar refractivity (Wildman–Crippen MR) is 134 cm³/mol. The number of ether oxygens (including phenoxy) is 1. The number of methoxy groups -OCH3 is 1. The van der Waals surface area contributed by atoms with Crippen LogP contribution in [0, 0.1) is 12.8 Å². The molecule has 1 unspecified atom stereocenters. The van der Waals surface area contributed by atoms with Crippen LogP contribution in [0.5, 0.6) is 0 Å². The summed E-state index contributed by atoms with van der Waals surface area (Å²) in [6.07, 6.45) is 6.46. The number of aryl methyl sites for hydroxylation is 1. The normalized spacial score (nSPS) is 19.5. The van der Waals surface area contributed by atoms with Crippen molar-refractivity contribution in [1.29, 1.82) is 0 Å². The molecule has 6 rings (SSSR count). The second kappa shape index (κ2) is 8.15. The average Bonchev–Trinajstić information content (AvgIpc) is 3.21. The van der Waals surface area contributed by atoms with Gasteiger partial charge < -0.3 is 19.9 Å². The minimum Gasteiger partial charge on any atom is -0.379 e. The number of hydrogen-bond donors (Lipinski definition) is 2. The first-order valence-corrected chi connectivity index (χ1v) is 12.5. The Bertz CT molecular complexity index is 1340. The van der Waals surface area contributed by atoms with E-state index in [-0.39, 0.29) is 18.1 Å². The molecular weight excluding hydrogens is 432 g/mol. The van der Waals surface area contributed by atoms with Gasteiger partial charge in [-0.05, 0) is 74.9 Å². The Morgan fingerprint density at radius 3 is 2.94 bits per heavy atom. The van der Waals surface area contributed by atoms with Crippen LogP contribution in [0.4, 0.5) is 11.4 Å². The first-order chi connectivity index (χ1) is 16.1. The molecule has 33 heavy (non-hydrogen) atoms. The van der Waals surface area contributed by atoms with E-state index in [4.69, 9.17) is 4.74 Å². The van der Waals surface area contributed by atoms with Gasteiger partial charge in [-0.25, -0.2) is 0 Å². The largest absolute Gasteiger partial charge is 0.379 e. The Kier molecular flexibility index (Phi) is 5.11. The molecule has 1 amide bonds. The van der Waals surface area contributed by atoms with Gasteiger partial charge in [0.05, 0.1) is 32.9 Å². The summed E-state index contributed by atoms with van der Waals surface area (Å²) >= 11 is 1.53. The Morgan fingerprint density at radius 1 is 1.24 bits per heavy atom. The van der Waals surface area contributed by atoms with Crippen molar-refractivity contribution in [1.82, 2.24) is 14.9 Å². The summed E-state index contributed by atoms with van der Waals surface area (Å²) in [7, 11) is 1.79. The van der Waals surface area contributed by atoms with Crippen LogP contribution < -0.4 is 5.32 Å². The Hall–Kier alpha value is -2.90. The fourth-order valence-electron chi connectivity index (χ4n) is 5.27. The van der Waals surface area contributed by atoms with Crippen LogP contribution in [0.15, 0.2) is 42.6 Å². The lowest BCUT2D eigenvalue weighted by molar-refractivity contribution is 0.0161. The van der Waals surface area contributed by atoms with Gasteiger partial charge in [-0.1, -0.05) is 0 Å². The standard InChI is InChI=1S/C26H28N4O2S/c1-15-12-17-13-18(7-8-19(17)28-15)29-20-9-10-27-21-14-23(33-25(20)21)26(31)30-11-3-4-22(30)24(32-2)16-5-6-16/h7-10,12-14,16,22,24,28H,3-6,11H2,1-2H3,(H,27,29)/t22-,24?/m0/s1. The van der Waals surface area contributed by atoms with Crippen molar-refractivity contribution in [3.05, 3.63) is 53.2 Å². The maximum Gasteiger partial charge on any atom is 0.264 e. The summed E-state index contributed by atoms with van der Waals surface area (Å²) in [4.78, 5) is 24.2. The molecule has 1 saturated carbocycles. The van der Waals surface area contributed by atoms with Crippen molar-refractivity contribution in [2.24, 2.45) is 5.92 Å². The summed E-state index contributed by atoms with van der Waals surface area (Å²) in [5, 5.41) is 4.72. The Labute approximate surface area is 197 Å². The number of hydrogen-bond acceptors (Lipinski definition) is 5. The topological polar surface area (TPSA) is 70.2 Å². The molecule has 0 spiro atoms. The first kappa shape index (κ1) is 20.7. The number of benzene rings is 1. The van der Waals surface area contributed by atoms with Crippen molar-refractivity contribution in [3.63, 3.8) is 0 Å². The Morgan fingerprint density at radius 2 is 2.12 bits per heavy atom.